The van der Waals surface area contributed by atoms with E-state index in [2.05, 4.69) is 0 Å². The summed E-state index contributed by atoms with van der Waals surface area (Å²) in [5.41, 5.74) is 7.77. The minimum absolute atomic E-state index is 0. The second kappa shape index (κ2) is 12.2. The summed E-state index contributed by atoms with van der Waals surface area (Å²) >= 11 is 0. The van der Waals surface area contributed by atoms with Gasteiger partial charge < -0.3 is 9.05 Å². The fourth-order valence-corrected chi connectivity index (χ4v) is 9.97. The lowest BCUT2D eigenvalue weighted by Crippen LogP contribution is -2.16. The van der Waals surface area contributed by atoms with Gasteiger partial charge in [-0.15, -0.1) is 0 Å². The molecule has 0 N–H and O–H groups in total. The van der Waals surface area contributed by atoms with Crippen molar-refractivity contribution < 1.29 is 18.2 Å². The molecular formula is C41H32O4P2. The zero-order valence-electron chi connectivity index (χ0n) is 24.7. The molecule has 0 amide bonds. The van der Waals surface area contributed by atoms with Gasteiger partial charge in [0.05, 0.1) is 10.6 Å². The Morgan fingerprint density at radius 3 is 1.15 bits per heavy atom. The van der Waals surface area contributed by atoms with Crippen molar-refractivity contribution in [1.82, 2.24) is 0 Å². The first-order valence-corrected chi connectivity index (χ1v) is 18.4. The van der Waals surface area contributed by atoms with E-state index in [1.165, 1.54) is 0 Å². The number of benzene rings is 6. The molecule has 4 nitrogen and oxygen atoms in total. The SMILES string of the molecule is C.O=P1(/C=C/c2ccc(-c3ccc(/C=C/P4(=O)Oc5ccccc5-c5ccccc54)cc3)cc2)Oc2ccccc2-c2ccccc21. The fourth-order valence-electron chi connectivity index (χ4n) is 6.04. The van der Waals surface area contributed by atoms with Crippen LogP contribution in [-0.4, -0.2) is 0 Å². The molecule has 47 heavy (non-hydrogen) atoms. The van der Waals surface area contributed by atoms with Gasteiger partial charge >= 0.3 is 0 Å². The number of fused-ring (bicyclic) bond motifs is 6. The van der Waals surface area contributed by atoms with E-state index in [1.807, 2.05) is 158 Å². The van der Waals surface area contributed by atoms with Crippen LogP contribution in [0, 0.1) is 0 Å². The fraction of sp³-hybridized carbons (Fsp3) is 0.0244. The van der Waals surface area contributed by atoms with Crippen LogP contribution in [0.25, 0.3) is 45.5 Å². The van der Waals surface area contributed by atoms with Crippen LogP contribution in [-0.2, 0) is 9.13 Å². The first-order valence-electron chi connectivity index (χ1n) is 15.0. The molecule has 0 radical (unpaired) electrons. The van der Waals surface area contributed by atoms with Gasteiger partial charge in [-0.25, -0.2) is 0 Å². The van der Waals surface area contributed by atoms with Crippen LogP contribution in [0.4, 0.5) is 0 Å². The molecule has 0 aliphatic carbocycles. The molecule has 230 valence electrons. The van der Waals surface area contributed by atoms with Crippen LogP contribution >= 0.6 is 14.7 Å². The van der Waals surface area contributed by atoms with Crippen LogP contribution < -0.4 is 19.7 Å². The molecule has 8 rings (SSSR count). The lowest BCUT2D eigenvalue weighted by atomic mass is 10.0. The van der Waals surface area contributed by atoms with Crippen LogP contribution in [0.15, 0.2) is 157 Å². The summed E-state index contributed by atoms with van der Waals surface area (Å²) in [5, 5.41) is 1.43. The zero-order chi connectivity index (χ0) is 31.1. The summed E-state index contributed by atoms with van der Waals surface area (Å²) in [7, 11) is -6.50. The molecular weight excluding hydrogens is 618 g/mol. The van der Waals surface area contributed by atoms with Crippen molar-refractivity contribution in [3.05, 3.63) is 168 Å². The summed E-state index contributed by atoms with van der Waals surface area (Å²) in [6.07, 6.45) is 3.74. The molecule has 0 aromatic heterocycles. The van der Waals surface area contributed by atoms with Crippen molar-refractivity contribution in [1.29, 1.82) is 0 Å². The Kier molecular flexibility index (Phi) is 7.94. The molecule has 0 spiro atoms. The van der Waals surface area contributed by atoms with Gasteiger partial charge in [0, 0.05) is 22.8 Å². The maximum absolute atomic E-state index is 14.1. The molecule has 2 unspecified atom stereocenters. The van der Waals surface area contributed by atoms with Gasteiger partial charge in [-0.3, -0.25) is 9.13 Å². The molecule has 6 heteroatoms. The Bertz CT molecular complexity index is 2100. The molecule has 2 aliphatic heterocycles. The van der Waals surface area contributed by atoms with Crippen molar-refractivity contribution >= 4 is 37.5 Å². The highest BCUT2D eigenvalue weighted by Gasteiger charge is 2.34. The lowest BCUT2D eigenvalue weighted by Gasteiger charge is -2.26. The van der Waals surface area contributed by atoms with E-state index in [0.717, 1.165) is 44.5 Å². The van der Waals surface area contributed by atoms with E-state index in [0.29, 0.717) is 22.1 Å². The van der Waals surface area contributed by atoms with E-state index < -0.39 is 14.7 Å². The first kappa shape index (κ1) is 30.5. The predicted molar refractivity (Wildman–Crippen MR) is 196 cm³/mol. The third-order valence-corrected chi connectivity index (χ3v) is 12.5. The highest BCUT2D eigenvalue weighted by Crippen LogP contribution is 2.57. The van der Waals surface area contributed by atoms with Crippen molar-refractivity contribution in [2.24, 2.45) is 0 Å². The molecule has 0 saturated carbocycles. The highest BCUT2D eigenvalue weighted by molar-refractivity contribution is 7.71. The quantitative estimate of drug-likeness (QED) is 0.174. The Balaban J connectivity index is 0.00000351. The van der Waals surface area contributed by atoms with E-state index >= 15 is 0 Å². The van der Waals surface area contributed by atoms with Gasteiger partial charge in [0.2, 0.25) is 0 Å². The van der Waals surface area contributed by atoms with Gasteiger partial charge in [0.15, 0.2) is 0 Å². The largest absolute Gasteiger partial charge is 0.437 e. The molecule has 0 bridgehead atoms. The maximum atomic E-state index is 14.1. The van der Waals surface area contributed by atoms with Gasteiger partial charge in [0.1, 0.15) is 11.5 Å². The minimum atomic E-state index is -3.25. The summed E-state index contributed by atoms with van der Waals surface area (Å²) < 4.78 is 40.3. The number of hydrogen-bond donors (Lipinski definition) is 0. The average molecular weight is 651 g/mol. The van der Waals surface area contributed by atoms with E-state index in [-0.39, 0.29) is 7.43 Å². The van der Waals surface area contributed by atoms with Gasteiger partial charge in [0.25, 0.3) is 14.7 Å². The van der Waals surface area contributed by atoms with Gasteiger partial charge in [-0.1, -0.05) is 129 Å². The van der Waals surface area contributed by atoms with Crippen LogP contribution in [0.3, 0.4) is 0 Å². The Labute approximate surface area is 275 Å². The summed E-state index contributed by atoms with van der Waals surface area (Å²) in [4.78, 5) is 0. The normalized spacial score (nSPS) is 19.0. The topological polar surface area (TPSA) is 52.6 Å². The third-order valence-electron chi connectivity index (χ3n) is 8.38. The maximum Gasteiger partial charge on any atom is 0.300 e. The van der Waals surface area contributed by atoms with Crippen molar-refractivity contribution in [3.8, 4) is 44.9 Å². The van der Waals surface area contributed by atoms with Crippen molar-refractivity contribution in [3.63, 3.8) is 0 Å². The standard InChI is InChI=1S/C40H28O4P2.CH4/c41-45(39-15-7-3-11-35(39)33-9-1-5-13-37(33)43-45)27-25-29-17-21-31(22-18-29)32-23-19-30(20-24-32)26-28-46(42)40-16-8-4-12-36(40)34-10-2-6-14-38(34)44-46;/h1-28H;1H4/b27-25+,28-26+;. The average Bonchev–Trinajstić information content (AvgIpc) is 3.11. The molecule has 2 heterocycles. The Morgan fingerprint density at radius 2 is 0.745 bits per heavy atom. The molecule has 0 fully saturated rings. The summed E-state index contributed by atoms with van der Waals surface area (Å²) in [5.74, 6) is 4.68. The smallest absolute Gasteiger partial charge is 0.300 e. The van der Waals surface area contributed by atoms with Gasteiger partial charge in [-0.2, -0.15) is 0 Å². The minimum Gasteiger partial charge on any atom is -0.437 e. The third kappa shape index (κ3) is 5.61. The first-order chi connectivity index (χ1) is 22.5. The monoisotopic (exact) mass is 650 g/mol. The predicted octanol–water partition coefficient (Wildman–Crippen LogP) is 11.3. The number of rotatable bonds is 5. The number of hydrogen-bond acceptors (Lipinski definition) is 4. The Hall–Kier alpha value is -5.14. The van der Waals surface area contributed by atoms with E-state index in [4.69, 9.17) is 9.05 Å². The highest BCUT2D eigenvalue weighted by atomic mass is 31.2. The lowest BCUT2D eigenvalue weighted by molar-refractivity contribution is 0.500. The molecule has 2 aliphatic rings. The van der Waals surface area contributed by atoms with E-state index in [1.54, 1.807) is 11.6 Å². The summed E-state index contributed by atoms with van der Waals surface area (Å²) in [6, 6.07) is 47.2. The molecule has 2 atom stereocenters. The van der Waals surface area contributed by atoms with E-state index in [9.17, 15) is 9.13 Å². The Morgan fingerprint density at radius 1 is 0.404 bits per heavy atom. The van der Waals surface area contributed by atoms with Gasteiger partial charge in [-0.05, 0) is 69.8 Å². The zero-order valence-corrected chi connectivity index (χ0v) is 26.5. The number of para-hydroxylation sites is 2. The molecule has 6 aromatic rings. The van der Waals surface area contributed by atoms with Crippen LogP contribution in [0.2, 0.25) is 0 Å². The molecule has 0 saturated heterocycles. The molecule has 6 aromatic carbocycles. The van der Waals surface area contributed by atoms with Crippen LogP contribution in [0.5, 0.6) is 11.5 Å². The second-order valence-electron chi connectivity index (χ2n) is 11.3. The van der Waals surface area contributed by atoms with Crippen LogP contribution in [0.1, 0.15) is 18.6 Å². The van der Waals surface area contributed by atoms with Crippen molar-refractivity contribution in [2.75, 3.05) is 0 Å². The second-order valence-corrected chi connectivity index (χ2v) is 15.6. The summed E-state index contributed by atoms with van der Waals surface area (Å²) in [6.45, 7) is 0. The van der Waals surface area contributed by atoms with Crippen molar-refractivity contribution in [2.45, 2.75) is 7.43 Å².